The summed E-state index contributed by atoms with van der Waals surface area (Å²) in [5.41, 5.74) is 8.10. The molecule has 0 aliphatic rings. The van der Waals surface area contributed by atoms with Gasteiger partial charge in [0.05, 0.1) is 34.5 Å². The Kier molecular flexibility index (Phi) is 3.12. The van der Waals surface area contributed by atoms with Crippen LogP contribution in [-0.4, -0.2) is 14.8 Å². The van der Waals surface area contributed by atoms with Crippen LogP contribution in [0.3, 0.4) is 0 Å². The third-order valence-corrected chi connectivity index (χ3v) is 3.13. The van der Waals surface area contributed by atoms with Crippen LogP contribution < -0.4 is 5.73 Å². The Morgan fingerprint density at radius 3 is 2.65 bits per heavy atom. The van der Waals surface area contributed by atoms with Gasteiger partial charge in [0.1, 0.15) is 11.5 Å². The smallest absolute Gasteiger partial charge is 0.141 e. The molecule has 2 heterocycles. The summed E-state index contributed by atoms with van der Waals surface area (Å²) in [6.45, 7) is 0. The summed E-state index contributed by atoms with van der Waals surface area (Å²) < 4.78 is 14.5. The highest BCUT2D eigenvalue weighted by Crippen LogP contribution is 2.26. The number of hydrogen-bond acceptors (Lipinski definition) is 3. The third-order valence-electron chi connectivity index (χ3n) is 2.81. The van der Waals surface area contributed by atoms with Crippen LogP contribution in [-0.2, 0) is 0 Å². The number of anilines is 1. The molecule has 0 radical (unpaired) electrons. The summed E-state index contributed by atoms with van der Waals surface area (Å²) in [5, 5.41) is 4.93. The maximum absolute atomic E-state index is 12.9. The summed E-state index contributed by atoms with van der Waals surface area (Å²) in [7, 11) is 0. The van der Waals surface area contributed by atoms with E-state index in [1.165, 1.54) is 12.1 Å². The first-order valence-corrected chi connectivity index (χ1v) is 6.25. The molecule has 3 rings (SSSR count). The minimum atomic E-state index is -0.405. The van der Waals surface area contributed by atoms with Crippen molar-refractivity contribution in [3.8, 4) is 17.1 Å². The molecule has 1 aromatic carbocycles. The van der Waals surface area contributed by atoms with Gasteiger partial charge in [0.25, 0.3) is 0 Å². The van der Waals surface area contributed by atoms with Crippen molar-refractivity contribution in [1.82, 2.24) is 14.8 Å². The highest BCUT2D eigenvalue weighted by Gasteiger charge is 2.12. The number of nitrogens with two attached hydrogens (primary N) is 1. The molecular formula is C14H10ClFN4. The van der Waals surface area contributed by atoms with Gasteiger partial charge in [0.15, 0.2) is 0 Å². The summed E-state index contributed by atoms with van der Waals surface area (Å²) in [6.07, 6.45) is 2.78. The van der Waals surface area contributed by atoms with Gasteiger partial charge >= 0.3 is 0 Å². The van der Waals surface area contributed by atoms with E-state index in [-0.39, 0.29) is 0 Å². The van der Waals surface area contributed by atoms with E-state index in [1.807, 2.05) is 18.2 Å². The lowest BCUT2D eigenvalue weighted by atomic mass is 10.2. The molecule has 6 heteroatoms. The van der Waals surface area contributed by atoms with Crippen LogP contribution in [0.4, 0.5) is 10.1 Å². The first-order valence-electron chi connectivity index (χ1n) is 5.87. The number of aromatic nitrogens is 3. The van der Waals surface area contributed by atoms with E-state index in [0.29, 0.717) is 27.8 Å². The fourth-order valence-electron chi connectivity index (χ4n) is 1.86. The number of benzene rings is 1. The van der Waals surface area contributed by atoms with Gasteiger partial charge in [-0.05, 0) is 24.3 Å². The summed E-state index contributed by atoms with van der Waals surface area (Å²) in [6, 6.07) is 10.1. The molecule has 0 fully saturated rings. The van der Waals surface area contributed by atoms with Gasteiger partial charge < -0.3 is 5.73 Å². The van der Waals surface area contributed by atoms with Crippen molar-refractivity contribution < 1.29 is 4.39 Å². The van der Waals surface area contributed by atoms with Crippen LogP contribution in [0.15, 0.2) is 48.8 Å². The number of rotatable bonds is 2. The van der Waals surface area contributed by atoms with Crippen molar-refractivity contribution in [2.75, 3.05) is 5.73 Å². The zero-order chi connectivity index (χ0) is 14.1. The summed E-state index contributed by atoms with van der Waals surface area (Å²) in [5.74, 6) is -0.405. The van der Waals surface area contributed by atoms with Crippen molar-refractivity contribution in [2.45, 2.75) is 0 Å². The van der Waals surface area contributed by atoms with Crippen LogP contribution in [0.1, 0.15) is 0 Å². The van der Waals surface area contributed by atoms with Gasteiger partial charge in [-0.3, -0.25) is 4.98 Å². The molecule has 4 nitrogen and oxygen atoms in total. The monoisotopic (exact) mass is 288 g/mol. The second-order valence-electron chi connectivity index (χ2n) is 4.19. The number of hydrogen-bond donors (Lipinski definition) is 1. The number of nitrogen functional groups attached to an aromatic ring is 1. The third kappa shape index (κ3) is 2.23. The molecule has 0 saturated heterocycles. The molecule has 0 aliphatic carbocycles. The first kappa shape index (κ1) is 12.6. The second kappa shape index (κ2) is 4.94. The van der Waals surface area contributed by atoms with E-state index in [9.17, 15) is 4.39 Å². The number of nitrogens with zero attached hydrogens (tertiary/aromatic N) is 3. The zero-order valence-electron chi connectivity index (χ0n) is 10.3. The molecule has 0 unspecified atom stereocenters. The lowest BCUT2D eigenvalue weighted by Crippen LogP contribution is -1.96. The van der Waals surface area contributed by atoms with Crippen molar-refractivity contribution in [3.63, 3.8) is 0 Å². The molecule has 0 aliphatic heterocycles. The Morgan fingerprint density at radius 1 is 1.15 bits per heavy atom. The fraction of sp³-hybridized carbons (Fsp3) is 0. The van der Waals surface area contributed by atoms with Crippen LogP contribution in [0.5, 0.6) is 0 Å². The normalized spacial score (nSPS) is 10.7. The Balaban J connectivity index is 2.08. The van der Waals surface area contributed by atoms with Gasteiger partial charge in [-0.25, -0.2) is 9.07 Å². The molecule has 100 valence electrons. The maximum atomic E-state index is 12.9. The van der Waals surface area contributed by atoms with Crippen molar-refractivity contribution >= 4 is 17.3 Å². The minimum absolute atomic E-state index is 0.405. The van der Waals surface area contributed by atoms with Crippen LogP contribution >= 0.6 is 11.6 Å². The molecule has 0 spiro atoms. The van der Waals surface area contributed by atoms with Gasteiger partial charge in [0, 0.05) is 0 Å². The molecule has 0 bridgehead atoms. The number of halogens is 2. The summed E-state index contributed by atoms with van der Waals surface area (Å²) >= 11 is 6.12. The number of pyridine rings is 1. The van der Waals surface area contributed by atoms with Gasteiger partial charge in [0.2, 0.25) is 0 Å². The quantitative estimate of drug-likeness (QED) is 0.787. The van der Waals surface area contributed by atoms with E-state index < -0.39 is 5.82 Å². The van der Waals surface area contributed by atoms with E-state index in [1.54, 1.807) is 16.9 Å². The maximum Gasteiger partial charge on any atom is 0.141 e. The van der Waals surface area contributed by atoms with Gasteiger partial charge in [-0.15, -0.1) is 0 Å². The van der Waals surface area contributed by atoms with E-state index in [2.05, 4.69) is 10.1 Å². The second-order valence-corrected chi connectivity index (χ2v) is 4.60. The fourth-order valence-corrected chi connectivity index (χ4v) is 2.09. The molecule has 20 heavy (non-hydrogen) atoms. The molecule has 0 amide bonds. The first-order chi connectivity index (χ1) is 9.65. The predicted octanol–water partition coefficient (Wildman–Crippen LogP) is 3.31. The summed E-state index contributed by atoms with van der Waals surface area (Å²) in [4.78, 5) is 3.97. The largest absolute Gasteiger partial charge is 0.396 e. The minimum Gasteiger partial charge on any atom is -0.396 e. The zero-order valence-corrected chi connectivity index (χ0v) is 11.0. The average molecular weight is 289 g/mol. The highest BCUT2D eigenvalue weighted by atomic mass is 35.5. The Labute approximate surface area is 119 Å². The molecule has 2 N–H and O–H groups in total. The predicted molar refractivity (Wildman–Crippen MR) is 76.2 cm³/mol. The van der Waals surface area contributed by atoms with E-state index in [0.717, 1.165) is 6.20 Å². The lowest BCUT2D eigenvalue weighted by Gasteiger charge is -2.02. The SMILES string of the molecule is Nc1cn(-c2ccccc2Cl)nc1-c1ccc(F)cn1. The van der Waals surface area contributed by atoms with Gasteiger partial charge in [-0.2, -0.15) is 5.10 Å². The molecular weight excluding hydrogens is 279 g/mol. The van der Waals surface area contributed by atoms with Crippen LogP contribution in [0.25, 0.3) is 17.1 Å². The topological polar surface area (TPSA) is 56.7 Å². The van der Waals surface area contributed by atoms with Crippen LogP contribution in [0, 0.1) is 5.82 Å². The van der Waals surface area contributed by atoms with Crippen LogP contribution in [0.2, 0.25) is 5.02 Å². The van der Waals surface area contributed by atoms with E-state index in [4.69, 9.17) is 17.3 Å². The van der Waals surface area contributed by atoms with Gasteiger partial charge in [-0.1, -0.05) is 23.7 Å². The van der Waals surface area contributed by atoms with Crippen molar-refractivity contribution in [2.24, 2.45) is 0 Å². The molecule has 0 atom stereocenters. The Bertz CT molecular complexity index is 752. The molecule has 3 aromatic rings. The lowest BCUT2D eigenvalue weighted by molar-refractivity contribution is 0.621. The average Bonchev–Trinajstić information content (AvgIpc) is 2.82. The highest BCUT2D eigenvalue weighted by molar-refractivity contribution is 6.32. The standard InChI is InChI=1S/C14H10ClFN4/c15-10-3-1-2-4-13(10)20-8-11(17)14(19-20)12-6-5-9(16)7-18-12/h1-8H,17H2. The Hall–Kier alpha value is -2.40. The molecule has 0 saturated carbocycles. The van der Waals surface area contributed by atoms with Crippen molar-refractivity contribution in [3.05, 3.63) is 59.6 Å². The molecule has 2 aromatic heterocycles. The van der Waals surface area contributed by atoms with Crippen molar-refractivity contribution in [1.29, 1.82) is 0 Å². The number of para-hydroxylation sites is 1. The van der Waals surface area contributed by atoms with E-state index >= 15 is 0 Å². The Morgan fingerprint density at radius 2 is 1.95 bits per heavy atom.